The van der Waals surface area contributed by atoms with Gasteiger partial charge in [-0.15, -0.1) is 0 Å². The van der Waals surface area contributed by atoms with E-state index < -0.39 is 0 Å². The van der Waals surface area contributed by atoms with Crippen LogP contribution in [0.5, 0.6) is 0 Å². The topological polar surface area (TPSA) is 50.2 Å². The fourth-order valence-electron chi connectivity index (χ4n) is 3.68. The number of likely N-dealkylation sites (N-methyl/N-ethyl adjacent to an activating group) is 1. The van der Waals surface area contributed by atoms with Gasteiger partial charge < -0.3 is 5.32 Å². The molecule has 1 N–H and O–H groups in total. The van der Waals surface area contributed by atoms with Crippen LogP contribution in [0.15, 0.2) is 60.8 Å². The normalized spacial score (nSPS) is 14.7. The average molecular weight is 403 g/mol. The fourth-order valence-corrected chi connectivity index (χ4v) is 3.68. The second-order valence-electron chi connectivity index (χ2n) is 8.40. The van der Waals surface area contributed by atoms with Crippen molar-refractivity contribution in [2.45, 2.75) is 45.3 Å². The van der Waals surface area contributed by atoms with Gasteiger partial charge in [0.2, 0.25) is 0 Å². The molecule has 30 heavy (non-hydrogen) atoms. The minimum atomic E-state index is -0.0686. The van der Waals surface area contributed by atoms with Crippen LogP contribution in [0.2, 0.25) is 0 Å². The van der Waals surface area contributed by atoms with Crippen molar-refractivity contribution in [1.29, 1.82) is 0 Å². The first-order valence-corrected chi connectivity index (χ1v) is 10.7. The second-order valence-corrected chi connectivity index (χ2v) is 8.40. The Balaban J connectivity index is 1.55. The monoisotopic (exact) mass is 402 g/mol. The molecule has 0 bridgehead atoms. The zero-order valence-electron chi connectivity index (χ0n) is 18.0. The highest BCUT2D eigenvalue weighted by molar-refractivity contribution is 5.99. The van der Waals surface area contributed by atoms with Gasteiger partial charge in [-0.25, -0.2) is 0 Å². The van der Waals surface area contributed by atoms with Gasteiger partial charge >= 0.3 is 0 Å². The lowest BCUT2D eigenvalue weighted by Gasteiger charge is -2.24. The summed E-state index contributed by atoms with van der Waals surface area (Å²) in [7, 11) is 2.14. The van der Waals surface area contributed by atoms with Gasteiger partial charge in [0.15, 0.2) is 0 Å². The number of amides is 1. The lowest BCUT2D eigenvalue weighted by Crippen LogP contribution is -2.41. The third kappa shape index (κ3) is 4.79. The number of carbonyl (C=O) groups excluding carboxylic acids is 1. The van der Waals surface area contributed by atoms with E-state index in [1.54, 1.807) is 0 Å². The van der Waals surface area contributed by atoms with Gasteiger partial charge in [-0.05, 0) is 39.3 Å². The molecule has 1 aliphatic rings. The Morgan fingerprint density at radius 1 is 1.17 bits per heavy atom. The Morgan fingerprint density at radius 2 is 1.87 bits per heavy atom. The molecule has 0 spiro atoms. The Labute approximate surface area is 178 Å². The number of rotatable bonds is 8. The maximum Gasteiger partial charge on any atom is 0.255 e. The van der Waals surface area contributed by atoms with Gasteiger partial charge in [0.05, 0.1) is 12.1 Å². The van der Waals surface area contributed by atoms with Crippen LogP contribution in [0.25, 0.3) is 11.3 Å². The van der Waals surface area contributed by atoms with Gasteiger partial charge in [0.1, 0.15) is 5.69 Å². The van der Waals surface area contributed by atoms with Crippen molar-refractivity contribution >= 4 is 5.91 Å². The summed E-state index contributed by atoms with van der Waals surface area (Å²) in [5.74, 6) is -0.0686. The Kier molecular flexibility index (Phi) is 6.00. The number of aryl methyl sites for hydroxylation is 1. The maximum atomic E-state index is 13.1. The first-order chi connectivity index (χ1) is 14.5. The second kappa shape index (κ2) is 8.84. The zero-order chi connectivity index (χ0) is 21.1. The Hall–Kier alpha value is -2.92. The van der Waals surface area contributed by atoms with Crippen LogP contribution < -0.4 is 5.32 Å². The summed E-state index contributed by atoms with van der Waals surface area (Å²) >= 11 is 0. The summed E-state index contributed by atoms with van der Waals surface area (Å²) in [5, 5.41) is 7.90. The largest absolute Gasteiger partial charge is 0.350 e. The van der Waals surface area contributed by atoms with Gasteiger partial charge in [-0.3, -0.25) is 14.4 Å². The quantitative estimate of drug-likeness (QED) is 0.617. The number of carbonyl (C=O) groups is 1. The molecule has 1 heterocycles. The van der Waals surface area contributed by atoms with Crippen LogP contribution in [0, 0.1) is 6.92 Å². The molecule has 0 radical (unpaired) electrons. The molecule has 1 unspecified atom stereocenters. The summed E-state index contributed by atoms with van der Waals surface area (Å²) in [6.07, 6.45) is 4.39. The van der Waals surface area contributed by atoms with Crippen molar-refractivity contribution in [1.82, 2.24) is 20.0 Å². The number of hydrogen-bond acceptors (Lipinski definition) is 3. The van der Waals surface area contributed by atoms with E-state index in [4.69, 9.17) is 5.10 Å². The highest BCUT2D eigenvalue weighted by Crippen LogP contribution is 2.27. The molecule has 1 aromatic heterocycles. The predicted octanol–water partition coefficient (Wildman–Crippen LogP) is 4.12. The van der Waals surface area contributed by atoms with E-state index in [0.29, 0.717) is 30.7 Å². The number of nitrogens with one attached hydrogen (secondary N) is 1. The van der Waals surface area contributed by atoms with Crippen molar-refractivity contribution in [2.75, 3.05) is 13.6 Å². The molecule has 5 nitrogen and oxygen atoms in total. The molecule has 4 rings (SSSR count). The summed E-state index contributed by atoms with van der Waals surface area (Å²) in [6.45, 7) is 5.48. The van der Waals surface area contributed by atoms with E-state index in [1.165, 1.54) is 18.4 Å². The minimum Gasteiger partial charge on any atom is -0.350 e. The molecule has 1 atom stereocenters. The molecule has 1 aliphatic carbocycles. The van der Waals surface area contributed by atoms with E-state index in [1.807, 2.05) is 41.2 Å². The molecule has 1 amide bonds. The first kappa shape index (κ1) is 20.4. The predicted molar refractivity (Wildman–Crippen MR) is 121 cm³/mol. The molecule has 1 fully saturated rings. The van der Waals surface area contributed by atoms with Gasteiger partial charge in [0, 0.05) is 30.4 Å². The molecule has 0 aliphatic heterocycles. The van der Waals surface area contributed by atoms with Crippen molar-refractivity contribution in [3.05, 3.63) is 77.5 Å². The Bertz CT molecular complexity index is 990. The molecule has 1 saturated carbocycles. The number of aromatic nitrogens is 2. The summed E-state index contributed by atoms with van der Waals surface area (Å²) in [5.41, 5.74) is 4.65. The van der Waals surface area contributed by atoms with E-state index >= 15 is 0 Å². The third-order valence-corrected chi connectivity index (χ3v) is 5.89. The minimum absolute atomic E-state index is 0.0686. The fraction of sp³-hybridized carbons (Fsp3) is 0.360. The van der Waals surface area contributed by atoms with Crippen molar-refractivity contribution in [3.63, 3.8) is 0 Å². The van der Waals surface area contributed by atoms with E-state index in [9.17, 15) is 4.79 Å². The molecular weight excluding hydrogens is 372 g/mol. The Morgan fingerprint density at radius 3 is 2.53 bits per heavy atom. The van der Waals surface area contributed by atoms with Crippen LogP contribution in [0.1, 0.15) is 41.3 Å². The van der Waals surface area contributed by atoms with Crippen molar-refractivity contribution < 1.29 is 4.79 Å². The van der Waals surface area contributed by atoms with Crippen LogP contribution in [0.3, 0.4) is 0 Å². The van der Waals surface area contributed by atoms with Crippen molar-refractivity contribution in [3.8, 4) is 11.3 Å². The van der Waals surface area contributed by atoms with Crippen LogP contribution >= 0.6 is 0 Å². The number of hydrogen-bond donors (Lipinski definition) is 1. The molecule has 3 aromatic rings. The van der Waals surface area contributed by atoms with E-state index in [-0.39, 0.29) is 5.91 Å². The number of nitrogens with zero attached hydrogens (tertiary/aromatic N) is 3. The lowest BCUT2D eigenvalue weighted by atomic mass is 10.1. The average Bonchev–Trinajstić information content (AvgIpc) is 3.53. The summed E-state index contributed by atoms with van der Waals surface area (Å²) < 4.78 is 1.86. The molecule has 0 saturated heterocycles. The SMILES string of the molecule is Cc1ccc(-c2nn(Cc3ccccc3)cc2C(=O)NCC(C)N(C)C2CC2)cc1. The zero-order valence-corrected chi connectivity index (χ0v) is 18.0. The summed E-state index contributed by atoms with van der Waals surface area (Å²) in [4.78, 5) is 15.5. The molecule has 156 valence electrons. The standard InChI is InChI=1S/C25H30N4O/c1-18-9-11-21(12-10-18)24-23(17-29(27-24)16-20-7-5-4-6-8-20)25(30)26-15-19(2)28(3)22-13-14-22/h4-12,17,19,22H,13-16H2,1-3H3,(H,26,30). The number of benzene rings is 2. The summed E-state index contributed by atoms with van der Waals surface area (Å²) in [6, 6.07) is 19.3. The molecular formula is C25H30N4O. The smallest absolute Gasteiger partial charge is 0.255 e. The highest BCUT2D eigenvalue weighted by atomic mass is 16.1. The molecule has 2 aromatic carbocycles. The van der Waals surface area contributed by atoms with E-state index in [2.05, 4.69) is 55.4 Å². The van der Waals surface area contributed by atoms with Gasteiger partial charge in [-0.2, -0.15) is 5.10 Å². The van der Waals surface area contributed by atoms with Crippen molar-refractivity contribution in [2.24, 2.45) is 0 Å². The van der Waals surface area contributed by atoms with Gasteiger partial charge in [-0.1, -0.05) is 60.2 Å². The maximum absolute atomic E-state index is 13.1. The molecule has 5 heteroatoms. The van der Waals surface area contributed by atoms with Gasteiger partial charge in [0.25, 0.3) is 5.91 Å². The lowest BCUT2D eigenvalue weighted by molar-refractivity contribution is 0.0940. The highest BCUT2D eigenvalue weighted by Gasteiger charge is 2.29. The van der Waals surface area contributed by atoms with E-state index in [0.717, 1.165) is 16.8 Å². The van der Waals surface area contributed by atoms with Crippen LogP contribution in [0.4, 0.5) is 0 Å². The third-order valence-electron chi connectivity index (χ3n) is 5.89. The van der Waals surface area contributed by atoms with Crippen LogP contribution in [-0.2, 0) is 6.54 Å². The first-order valence-electron chi connectivity index (χ1n) is 10.7. The van der Waals surface area contributed by atoms with Crippen LogP contribution in [-0.4, -0.2) is 46.3 Å².